The third-order valence-corrected chi connectivity index (χ3v) is 5.11. The Morgan fingerprint density at radius 1 is 1.10 bits per heavy atom. The largest absolute Gasteiger partial charge is 0.453 e. The van der Waals surface area contributed by atoms with Crippen molar-refractivity contribution in [2.75, 3.05) is 46.4 Å². The minimum atomic E-state index is -0.293. The van der Waals surface area contributed by atoms with Crippen molar-refractivity contribution in [3.05, 3.63) is 0 Å². The van der Waals surface area contributed by atoms with Crippen LogP contribution >= 0.6 is 0 Å². The standard InChI is InChI=1S/C14H23N3O3/c1-20-13(19)17-8-6-16(7-9-17)12(18)11-10-14(11)2-4-15-5-3-14/h11,15H,2-10H2,1H3. The van der Waals surface area contributed by atoms with Crippen molar-refractivity contribution in [3.8, 4) is 0 Å². The summed E-state index contributed by atoms with van der Waals surface area (Å²) >= 11 is 0. The minimum Gasteiger partial charge on any atom is -0.453 e. The molecule has 3 rings (SSSR count). The average molecular weight is 281 g/mol. The molecule has 2 aliphatic heterocycles. The second kappa shape index (κ2) is 5.24. The number of hydrogen-bond donors (Lipinski definition) is 1. The number of hydrogen-bond acceptors (Lipinski definition) is 4. The van der Waals surface area contributed by atoms with Gasteiger partial charge < -0.3 is 19.9 Å². The van der Waals surface area contributed by atoms with Crippen LogP contribution in [-0.2, 0) is 9.53 Å². The zero-order valence-electron chi connectivity index (χ0n) is 12.1. The molecule has 1 atom stereocenters. The normalized spacial score (nSPS) is 28.4. The van der Waals surface area contributed by atoms with Gasteiger partial charge >= 0.3 is 6.09 Å². The Morgan fingerprint density at radius 2 is 1.70 bits per heavy atom. The van der Waals surface area contributed by atoms with Gasteiger partial charge in [0.25, 0.3) is 0 Å². The van der Waals surface area contributed by atoms with E-state index in [1.54, 1.807) is 4.90 Å². The van der Waals surface area contributed by atoms with Crippen molar-refractivity contribution in [3.63, 3.8) is 0 Å². The first-order valence-electron chi connectivity index (χ1n) is 7.49. The Morgan fingerprint density at radius 3 is 2.30 bits per heavy atom. The third kappa shape index (κ3) is 2.37. The van der Waals surface area contributed by atoms with E-state index in [4.69, 9.17) is 4.74 Å². The van der Waals surface area contributed by atoms with E-state index in [9.17, 15) is 9.59 Å². The topological polar surface area (TPSA) is 61.9 Å². The van der Waals surface area contributed by atoms with Gasteiger partial charge in [-0.15, -0.1) is 0 Å². The lowest BCUT2D eigenvalue weighted by Crippen LogP contribution is -2.51. The van der Waals surface area contributed by atoms with Gasteiger partial charge in [0.05, 0.1) is 7.11 Å². The van der Waals surface area contributed by atoms with E-state index in [0.29, 0.717) is 37.5 Å². The van der Waals surface area contributed by atoms with Crippen molar-refractivity contribution in [1.82, 2.24) is 15.1 Å². The van der Waals surface area contributed by atoms with Gasteiger partial charge in [-0.2, -0.15) is 0 Å². The Balaban J connectivity index is 1.51. The van der Waals surface area contributed by atoms with E-state index in [1.165, 1.54) is 7.11 Å². The maximum atomic E-state index is 12.6. The summed E-state index contributed by atoms with van der Waals surface area (Å²) in [6.07, 6.45) is 3.03. The van der Waals surface area contributed by atoms with E-state index in [-0.39, 0.29) is 12.0 Å². The van der Waals surface area contributed by atoms with Crippen LogP contribution < -0.4 is 5.32 Å². The summed E-state index contributed by atoms with van der Waals surface area (Å²) in [7, 11) is 1.39. The molecule has 3 fully saturated rings. The van der Waals surface area contributed by atoms with Gasteiger partial charge in [0.2, 0.25) is 5.91 Å². The van der Waals surface area contributed by atoms with Crippen LogP contribution in [0.1, 0.15) is 19.3 Å². The molecule has 1 spiro atoms. The number of nitrogens with zero attached hydrogens (tertiary/aromatic N) is 2. The monoisotopic (exact) mass is 281 g/mol. The van der Waals surface area contributed by atoms with Crippen LogP contribution in [0, 0.1) is 11.3 Å². The molecular weight excluding hydrogens is 258 g/mol. The zero-order valence-corrected chi connectivity index (χ0v) is 12.1. The lowest BCUT2D eigenvalue weighted by Gasteiger charge is -2.34. The van der Waals surface area contributed by atoms with E-state index < -0.39 is 0 Å². The van der Waals surface area contributed by atoms with Crippen LogP contribution in [0.3, 0.4) is 0 Å². The molecule has 20 heavy (non-hydrogen) atoms. The highest BCUT2D eigenvalue weighted by Gasteiger charge is 2.58. The van der Waals surface area contributed by atoms with E-state index in [1.807, 2.05) is 4.90 Å². The Bertz CT molecular complexity index is 398. The van der Waals surface area contributed by atoms with Crippen molar-refractivity contribution in [1.29, 1.82) is 0 Å². The Labute approximate surface area is 119 Å². The predicted molar refractivity (Wildman–Crippen MR) is 73.2 cm³/mol. The van der Waals surface area contributed by atoms with Crippen molar-refractivity contribution < 1.29 is 14.3 Å². The lowest BCUT2D eigenvalue weighted by atomic mass is 9.91. The summed E-state index contributed by atoms with van der Waals surface area (Å²) in [6, 6.07) is 0. The Hall–Kier alpha value is -1.30. The summed E-state index contributed by atoms with van der Waals surface area (Å²) in [5, 5.41) is 3.36. The fraction of sp³-hybridized carbons (Fsp3) is 0.857. The summed E-state index contributed by atoms with van der Waals surface area (Å²) in [6.45, 7) is 4.52. The summed E-state index contributed by atoms with van der Waals surface area (Å²) in [5.74, 6) is 0.533. The Kier molecular flexibility index (Phi) is 3.58. The molecule has 0 aromatic rings. The number of ether oxygens (including phenoxy) is 1. The molecule has 0 bridgehead atoms. The number of nitrogens with one attached hydrogen (secondary N) is 1. The molecule has 1 aliphatic carbocycles. The van der Waals surface area contributed by atoms with E-state index in [2.05, 4.69) is 5.32 Å². The third-order valence-electron chi connectivity index (χ3n) is 5.11. The molecule has 0 aromatic heterocycles. The quantitative estimate of drug-likeness (QED) is 0.750. The SMILES string of the molecule is COC(=O)N1CCN(C(=O)C2CC23CCNCC3)CC1. The zero-order chi connectivity index (χ0) is 14.2. The highest BCUT2D eigenvalue weighted by molar-refractivity contribution is 5.83. The first-order chi connectivity index (χ1) is 9.66. The number of rotatable bonds is 1. The first-order valence-corrected chi connectivity index (χ1v) is 7.49. The number of piperazine rings is 1. The van der Waals surface area contributed by atoms with E-state index >= 15 is 0 Å². The molecule has 1 saturated carbocycles. The summed E-state index contributed by atoms with van der Waals surface area (Å²) < 4.78 is 4.71. The van der Waals surface area contributed by atoms with Crippen LogP contribution in [0.5, 0.6) is 0 Å². The van der Waals surface area contributed by atoms with Gasteiger partial charge in [-0.1, -0.05) is 0 Å². The number of carbonyl (C=O) groups is 2. The second-order valence-electron chi connectivity index (χ2n) is 6.15. The predicted octanol–water partition coefficient (Wildman–Crippen LogP) is 0.287. The van der Waals surface area contributed by atoms with Gasteiger partial charge in [0, 0.05) is 32.1 Å². The smallest absolute Gasteiger partial charge is 0.409 e. The molecule has 2 saturated heterocycles. The van der Waals surface area contributed by atoms with Crippen LogP contribution in [0.15, 0.2) is 0 Å². The number of amides is 2. The summed E-state index contributed by atoms with van der Waals surface area (Å²) in [5.41, 5.74) is 0.293. The number of carbonyl (C=O) groups excluding carboxylic acids is 2. The molecule has 2 heterocycles. The highest BCUT2D eigenvalue weighted by atomic mass is 16.5. The lowest BCUT2D eigenvalue weighted by molar-refractivity contribution is -0.135. The van der Waals surface area contributed by atoms with Gasteiger partial charge in [0.1, 0.15) is 0 Å². The number of piperidine rings is 1. The van der Waals surface area contributed by atoms with Crippen LogP contribution in [0.4, 0.5) is 4.79 Å². The molecule has 6 heteroatoms. The summed E-state index contributed by atoms with van der Waals surface area (Å²) in [4.78, 5) is 27.6. The molecular formula is C14H23N3O3. The fourth-order valence-electron chi connectivity index (χ4n) is 3.63. The molecule has 0 aromatic carbocycles. The van der Waals surface area contributed by atoms with Crippen LogP contribution in [-0.4, -0.2) is 68.2 Å². The maximum absolute atomic E-state index is 12.6. The van der Waals surface area contributed by atoms with Crippen molar-refractivity contribution in [2.24, 2.45) is 11.3 Å². The van der Waals surface area contributed by atoms with Gasteiger partial charge in [0.15, 0.2) is 0 Å². The average Bonchev–Trinajstić information content (AvgIpc) is 3.19. The van der Waals surface area contributed by atoms with Crippen molar-refractivity contribution in [2.45, 2.75) is 19.3 Å². The van der Waals surface area contributed by atoms with Crippen molar-refractivity contribution >= 4 is 12.0 Å². The first kappa shape index (κ1) is 13.7. The van der Waals surface area contributed by atoms with Crippen LogP contribution in [0.25, 0.3) is 0 Å². The highest BCUT2D eigenvalue weighted by Crippen LogP contribution is 2.59. The molecule has 0 radical (unpaired) electrons. The van der Waals surface area contributed by atoms with E-state index in [0.717, 1.165) is 32.4 Å². The minimum absolute atomic E-state index is 0.231. The molecule has 6 nitrogen and oxygen atoms in total. The maximum Gasteiger partial charge on any atom is 0.409 e. The molecule has 1 unspecified atom stereocenters. The van der Waals surface area contributed by atoms with Gasteiger partial charge in [-0.25, -0.2) is 4.79 Å². The number of methoxy groups -OCH3 is 1. The molecule has 112 valence electrons. The molecule has 3 aliphatic rings. The fourth-order valence-corrected chi connectivity index (χ4v) is 3.63. The second-order valence-corrected chi connectivity index (χ2v) is 6.15. The molecule has 2 amide bonds. The van der Waals surface area contributed by atoms with Crippen LogP contribution in [0.2, 0.25) is 0 Å². The van der Waals surface area contributed by atoms with Gasteiger partial charge in [-0.3, -0.25) is 4.79 Å². The molecule has 1 N–H and O–H groups in total. The van der Waals surface area contributed by atoms with Gasteiger partial charge in [-0.05, 0) is 37.8 Å².